The van der Waals surface area contributed by atoms with Crippen LogP contribution in [0.4, 0.5) is 11.4 Å². The predicted molar refractivity (Wildman–Crippen MR) is 114 cm³/mol. The molecule has 0 saturated heterocycles. The van der Waals surface area contributed by atoms with Gasteiger partial charge in [0.25, 0.3) is 11.5 Å². The summed E-state index contributed by atoms with van der Waals surface area (Å²) in [5, 5.41) is 9.48. The molecule has 0 saturated carbocycles. The summed E-state index contributed by atoms with van der Waals surface area (Å²) in [6.07, 6.45) is 0. The fourth-order valence-corrected chi connectivity index (χ4v) is 2.83. The number of aromatic nitrogens is 2. The minimum atomic E-state index is -0.497. The van der Waals surface area contributed by atoms with Crippen LogP contribution in [0.25, 0.3) is 0 Å². The third-order valence-corrected chi connectivity index (χ3v) is 4.40. The smallest absolute Gasteiger partial charge is 0.276 e. The average molecular weight is 406 g/mol. The highest BCUT2D eigenvalue weighted by Crippen LogP contribution is 2.16. The number of amides is 2. The predicted octanol–water partition coefficient (Wildman–Crippen LogP) is 2.76. The van der Waals surface area contributed by atoms with Crippen LogP contribution in [0.3, 0.4) is 0 Å². The first-order chi connectivity index (χ1) is 14.4. The van der Waals surface area contributed by atoms with Crippen LogP contribution < -0.4 is 20.9 Å². The molecule has 0 atom stereocenters. The van der Waals surface area contributed by atoms with Gasteiger partial charge < -0.3 is 15.4 Å². The molecule has 0 aliphatic rings. The molecule has 0 fully saturated rings. The molecule has 0 aliphatic carbocycles. The van der Waals surface area contributed by atoms with Crippen molar-refractivity contribution in [1.82, 2.24) is 9.78 Å². The van der Waals surface area contributed by atoms with Gasteiger partial charge >= 0.3 is 0 Å². The number of anilines is 2. The van der Waals surface area contributed by atoms with Crippen molar-refractivity contribution < 1.29 is 14.3 Å². The lowest BCUT2D eigenvalue weighted by atomic mass is 10.1. The van der Waals surface area contributed by atoms with Crippen molar-refractivity contribution in [2.24, 2.45) is 0 Å². The van der Waals surface area contributed by atoms with Gasteiger partial charge in [-0.15, -0.1) is 0 Å². The number of hydrogen-bond acceptors (Lipinski definition) is 5. The highest BCUT2D eigenvalue weighted by Gasteiger charge is 2.13. The van der Waals surface area contributed by atoms with Crippen LogP contribution in [0.15, 0.2) is 59.4 Å². The molecule has 2 N–H and O–H groups in total. The molecular weight excluding hydrogens is 384 g/mol. The van der Waals surface area contributed by atoms with Gasteiger partial charge in [0.2, 0.25) is 5.91 Å². The van der Waals surface area contributed by atoms with E-state index in [0.29, 0.717) is 17.1 Å². The number of carbonyl (C=O) groups excluding carboxylic acids is 2. The lowest BCUT2D eigenvalue weighted by molar-refractivity contribution is -0.117. The number of hydrogen-bond donors (Lipinski definition) is 2. The number of aryl methyl sites for hydroxylation is 2. The first-order valence-corrected chi connectivity index (χ1v) is 9.26. The van der Waals surface area contributed by atoms with Gasteiger partial charge in [0.05, 0.1) is 7.11 Å². The van der Waals surface area contributed by atoms with Crippen LogP contribution in [0.2, 0.25) is 0 Å². The Bertz CT molecular complexity index is 1140. The third kappa shape index (κ3) is 5.11. The number of nitrogens with one attached hydrogen (secondary N) is 2. The Hall–Kier alpha value is -3.94. The van der Waals surface area contributed by atoms with Crippen molar-refractivity contribution in [3.05, 3.63) is 81.8 Å². The summed E-state index contributed by atoms with van der Waals surface area (Å²) in [6, 6.07) is 15.0. The molecule has 0 radical (unpaired) electrons. The van der Waals surface area contributed by atoms with Crippen LogP contribution in [0.1, 0.15) is 21.6 Å². The summed E-state index contributed by atoms with van der Waals surface area (Å²) in [7, 11) is 1.55. The molecular formula is C22H22N4O4. The molecule has 8 nitrogen and oxygen atoms in total. The van der Waals surface area contributed by atoms with Gasteiger partial charge in [-0.1, -0.05) is 17.7 Å². The highest BCUT2D eigenvalue weighted by molar-refractivity contribution is 6.02. The topological polar surface area (TPSA) is 102 Å². The van der Waals surface area contributed by atoms with E-state index in [9.17, 15) is 14.4 Å². The van der Waals surface area contributed by atoms with Gasteiger partial charge in [-0.05, 0) is 55.8 Å². The van der Waals surface area contributed by atoms with E-state index < -0.39 is 17.4 Å². The molecule has 0 spiro atoms. The number of carbonyl (C=O) groups is 2. The van der Waals surface area contributed by atoms with E-state index in [1.807, 2.05) is 26.0 Å². The Balaban J connectivity index is 1.71. The van der Waals surface area contributed by atoms with Crippen molar-refractivity contribution in [2.45, 2.75) is 20.4 Å². The maximum Gasteiger partial charge on any atom is 0.276 e. The summed E-state index contributed by atoms with van der Waals surface area (Å²) < 4.78 is 6.04. The number of methoxy groups -OCH3 is 1. The summed E-state index contributed by atoms with van der Waals surface area (Å²) >= 11 is 0. The summed E-state index contributed by atoms with van der Waals surface area (Å²) in [5.74, 6) is -0.248. The van der Waals surface area contributed by atoms with E-state index in [2.05, 4.69) is 15.7 Å². The number of nitrogens with zero attached hydrogens (tertiary/aromatic N) is 2. The second kappa shape index (κ2) is 9.04. The van der Waals surface area contributed by atoms with Crippen LogP contribution >= 0.6 is 0 Å². The molecule has 0 unspecified atom stereocenters. The number of rotatable bonds is 6. The minimum absolute atomic E-state index is 0.0183. The van der Waals surface area contributed by atoms with Crippen molar-refractivity contribution in [3.8, 4) is 5.75 Å². The van der Waals surface area contributed by atoms with Crippen LogP contribution in [0.5, 0.6) is 5.75 Å². The zero-order valence-corrected chi connectivity index (χ0v) is 16.9. The lowest BCUT2D eigenvalue weighted by Crippen LogP contribution is -2.31. The number of ether oxygens (including phenoxy) is 1. The monoisotopic (exact) mass is 406 g/mol. The maximum absolute atomic E-state index is 12.5. The van der Waals surface area contributed by atoms with E-state index in [4.69, 9.17) is 4.74 Å². The highest BCUT2D eigenvalue weighted by atomic mass is 16.5. The van der Waals surface area contributed by atoms with E-state index in [0.717, 1.165) is 15.8 Å². The third-order valence-electron chi connectivity index (χ3n) is 4.40. The van der Waals surface area contributed by atoms with E-state index >= 15 is 0 Å². The summed E-state index contributed by atoms with van der Waals surface area (Å²) in [5.41, 5.74) is 2.74. The van der Waals surface area contributed by atoms with Gasteiger partial charge in [0.1, 0.15) is 18.0 Å². The Labute approximate surface area is 173 Å². The molecule has 1 aromatic heterocycles. The quantitative estimate of drug-likeness (QED) is 0.655. The molecule has 154 valence electrons. The van der Waals surface area contributed by atoms with Crippen molar-refractivity contribution in [1.29, 1.82) is 0 Å². The van der Waals surface area contributed by atoms with Crippen LogP contribution in [-0.2, 0) is 11.3 Å². The lowest BCUT2D eigenvalue weighted by Gasteiger charge is -2.11. The van der Waals surface area contributed by atoms with Gasteiger partial charge in [0, 0.05) is 17.4 Å². The first kappa shape index (κ1) is 20.8. The second-order valence-corrected chi connectivity index (χ2v) is 6.76. The molecule has 3 aromatic rings. The van der Waals surface area contributed by atoms with Gasteiger partial charge in [0.15, 0.2) is 0 Å². The Morgan fingerprint density at radius 1 is 1.00 bits per heavy atom. The number of benzene rings is 2. The molecule has 2 amide bonds. The van der Waals surface area contributed by atoms with Crippen LogP contribution in [0, 0.1) is 13.8 Å². The van der Waals surface area contributed by atoms with Crippen molar-refractivity contribution in [2.75, 3.05) is 17.7 Å². The molecule has 3 rings (SSSR count). The maximum atomic E-state index is 12.5. The fourth-order valence-electron chi connectivity index (χ4n) is 2.83. The van der Waals surface area contributed by atoms with Crippen LogP contribution in [-0.4, -0.2) is 28.7 Å². The van der Waals surface area contributed by atoms with E-state index in [1.54, 1.807) is 37.4 Å². The first-order valence-electron chi connectivity index (χ1n) is 9.26. The molecule has 0 bridgehead atoms. The molecule has 30 heavy (non-hydrogen) atoms. The Morgan fingerprint density at radius 2 is 1.73 bits per heavy atom. The van der Waals surface area contributed by atoms with E-state index in [-0.39, 0.29) is 12.2 Å². The molecule has 0 aliphatic heterocycles. The Morgan fingerprint density at radius 3 is 2.40 bits per heavy atom. The van der Waals surface area contributed by atoms with Gasteiger partial charge in [-0.2, -0.15) is 5.10 Å². The summed E-state index contributed by atoms with van der Waals surface area (Å²) in [6.45, 7) is 3.54. The second-order valence-electron chi connectivity index (χ2n) is 6.76. The standard InChI is InChI=1S/C22H22N4O4/c1-14-4-9-18(15(2)12-14)24-20(27)13-26-21(28)11-10-19(25-26)22(29)23-16-5-7-17(30-3)8-6-16/h4-12H,13H2,1-3H3,(H,23,29)(H,24,27). The van der Waals surface area contributed by atoms with Crippen molar-refractivity contribution >= 4 is 23.2 Å². The molecule has 2 aromatic carbocycles. The van der Waals surface area contributed by atoms with E-state index in [1.165, 1.54) is 12.1 Å². The summed E-state index contributed by atoms with van der Waals surface area (Å²) in [4.78, 5) is 36.9. The zero-order valence-electron chi connectivity index (χ0n) is 16.9. The largest absolute Gasteiger partial charge is 0.497 e. The minimum Gasteiger partial charge on any atom is -0.497 e. The molecule has 1 heterocycles. The normalized spacial score (nSPS) is 10.4. The van der Waals surface area contributed by atoms with Gasteiger partial charge in [-0.25, -0.2) is 4.68 Å². The van der Waals surface area contributed by atoms with Gasteiger partial charge in [-0.3, -0.25) is 14.4 Å². The van der Waals surface area contributed by atoms with Crippen molar-refractivity contribution in [3.63, 3.8) is 0 Å². The average Bonchev–Trinajstić information content (AvgIpc) is 2.72. The molecule has 8 heteroatoms. The Kier molecular flexibility index (Phi) is 6.26. The zero-order chi connectivity index (χ0) is 21.7. The SMILES string of the molecule is COc1ccc(NC(=O)c2ccc(=O)n(CC(=O)Nc3ccc(C)cc3C)n2)cc1. The fraction of sp³-hybridized carbons (Fsp3) is 0.182.